The van der Waals surface area contributed by atoms with Crippen LogP contribution in [0, 0.1) is 13.8 Å². The van der Waals surface area contributed by atoms with E-state index in [4.69, 9.17) is 16.0 Å². The van der Waals surface area contributed by atoms with Crippen molar-refractivity contribution in [2.24, 2.45) is 0 Å². The summed E-state index contributed by atoms with van der Waals surface area (Å²) >= 11 is 7.84. The smallest absolute Gasteiger partial charge is 0.228 e. The average molecular weight is 416 g/mol. The van der Waals surface area contributed by atoms with Crippen molar-refractivity contribution in [1.29, 1.82) is 0 Å². The molecule has 1 fully saturated rings. The van der Waals surface area contributed by atoms with E-state index in [9.17, 15) is 4.79 Å². The first-order valence-corrected chi connectivity index (χ1v) is 10.6. The van der Waals surface area contributed by atoms with Gasteiger partial charge in [0, 0.05) is 22.9 Å². The van der Waals surface area contributed by atoms with Crippen LogP contribution in [0.5, 0.6) is 0 Å². The molecule has 0 spiro atoms. The van der Waals surface area contributed by atoms with Crippen molar-refractivity contribution in [2.45, 2.75) is 45.6 Å². The van der Waals surface area contributed by atoms with Crippen molar-refractivity contribution in [2.75, 3.05) is 6.54 Å². The molecule has 0 saturated carbocycles. The summed E-state index contributed by atoms with van der Waals surface area (Å²) in [7, 11) is 0. The number of benzene rings is 1. The van der Waals surface area contributed by atoms with Gasteiger partial charge in [0.05, 0.1) is 23.3 Å². The van der Waals surface area contributed by atoms with Gasteiger partial charge in [0.1, 0.15) is 11.8 Å². The molecule has 1 atom stereocenters. The van der Waals surface area contributed by atoms with E-state index in [0.717, 1.165) is 46.3 Å². The Morgan fingerprint density at radius 2 is 2.18 bits per heavy atom. The highest BCUT2D eigenvalue weighted by Gasteiger charge is 2.33. The molecule has 0 radical (unpaired) electrons. The highest BCUT2D eigenvalue weighted by atomic mass is 35.5. The number of hydrogen-bond donors (Lipinski definition) is 0. The molecule has 1 aromatic carbocycles. The molecular weight excluding hydrogens is 394 g/mol. The summed E-state index contributed by atoms with van der Waals surface area (Å²) in [6, 6.07) is 7.62. The van der Waals surface area contributed by atoms with Gasteiger partial charge in [0.15, 0.2) is 0 Å². The molecule has 2 aromatic heterocycles. The molecule has 28 heavy (non-hydrogen) atoms. The lowest BCUT2D eigenvalue weighted by Gasteiger charge is -2.22. The summed E-state index contributed by atoms with van der Waals surface area (Å²) in [5.41, 5.74) is 1.95. The lowest BCUT2D eigenvalue weighted by molar-refractivity contribution is -0.131. The van der Waals surface area contributed by atoms with Gasteiger partial charge in [-0.3, -0.25) is 4.79 Å². The topological polar surface area (TPSA) is 59.2 Å². The van der Waals surface area contributed by atoms with Gasteiger partial charge in [-0.25, -0.2) is 9.97 Å². The first-order valence-electron chi connectivity index (χ1n) is 9.41. The van der Waals surface area contributed by atoms with Crippen LogP contribution in [0.4, 0.5) is 0 Å². The molecule has 1 aliphatic heterocycles. The maximum Gasteiger partial charge on any atom is 0.228 e. The number of nitrogens with zero attached hydrogens (tertiary/aromatic N) is 3. The third-order valence-electron chi connectivity index (χ3n) is 5.06. The summed E-state index contributed by atoms with van der Waals surface area (Å²) in [5, 5.41) is 1.71. The molecule has 1 saturated heterocycles. The van der Waals surface area contributed by atoms with Crippen LogP contribution in [0.3, 0.4) is 0 Å². The average Bonchev–Trinajstić information content (AvgIpc) is 3.37. The number of thiazole rings is 1. The van der Waals surface area contributed by atoms with Crippen LogP contribution >= 0.6 is 22.9 Å². The van der Waals surface area contributed by atoms with Crippen LogP contribution in [0.2, 0.25) is 5.02 Å². The number of halogens is 1. The minimum Gasteiger partial charge on any atom is -0.443 e. The zero-order valence-electron chi connectivity index (χ0n) is 15.9. The van der Waals surface area contributed by atoms with E-state index < -0.39 is 0 Å². The van der Waals surface area contributed by atoms with E-state index in [-0.39, 0.29) is 11.9 Å². The van der Waals surface area contributed by atoms with Crippen LogP contribution in [0.25, 0.3) is 0 Å². The molecule has 3 aromatic rings. The minimum absolute atomic E-state index is 0.0955. The summed E-state index contributed by atoms with van der Waals surface area (Å²) in [6.07, 6.45) is 4.56. The number of aromatic nitrogens is 2. The van der Waals surface area contributed by atoms with E-state index >= 15 is 0 Å². The van der Waals surface area contributed by atoms with Crippen molar-refractivity contribution in [3.63, 3.8) is 0 Å². The Morgan fingerprint density at radius 1 is 1.36 bits per heavy atom. The van der Waals surface area contributed by atoms with Gasteiger partial charge in [0.25, 0.3) is 0 Å². The lowest BCUT2D eigenvalue weighted by Crippen LogP contribution is -2.32. The molecule has 146 valence electrons. The van der Waals surface area contributed by atoms with Gasteiger partial charge < -0.3 is 9.32 Å². The van der Waals surface area contributed by atoms with Crippen LogP contribution in [0.1, 0.15) is 51.7 Å². The molecule has 5 nitrogen and oxygen atoms in total. The summed E-state index contributed by atoms with van der Waals surface area (Å²) in [6.45, 7) is 4.67. The predicted molar refractivity (Wildman–Crippen MR) is 110 cm³/mol. The minimum atomic E-state index is -0.0955. The number of likely N-dealkylation sites (tertiary alicyclic amines) is 1. The zero-order valence-corrected chi connectivity index (χ0v) is 17.5. The SMILES string of the molecule is Cc1nc(C)c(CC(=O)N2CCC[C@@H]2c2ncc(Cc3ccccc3Cl)o2)s1. The van der Waals surface area contributed by atoms with E-state index in [1.807, 2.05) is 43.0 Å². The van der Waals surface area contributed by atoms with Gasteiger partial charge >= 0.3 is 0 Å². The molecule has 0 unspecified atom stereocenters. The molecular formula is C21H22ClN3O2S. The van der Waals surface area contributed by atoms with Crippen molar-refractivity contribution in [1.82, 2.24) is 14.9 Å². The van der Waals surface area contributed by atoms with Crippen molar-refractivity contribution < 1.29 is 9.21 Å². The maximum atomic E-state index is 12.9. The Hall–Kier alpha value is -2.18. The van der Waals surface area contributed by atoms with E-state index in [1.165, 1.54) is 0 Å². The number of oxazole rings is 1. The summed E-state index contributed by atoms with van der Waals surface area (Å²) in [5.74, 6) is 1.49. The monoisotopic (exact) mass is 415 g/mol. The molecule has 0 aliphatic carbocycles. The van der Waals surface area contributed by atoms with Crippen LogP contribution in [-0.2, 0) is 17.6 Å². The van der Waals surface area contributed by atoms with Crippen LogP contribution in [0.15, 0.2) is 34.9 Å². The fraction of sp³-hybridized carbons (Fsp3) is 0.381. The van der Waals surface area contributed by atoms with Gasteiger partial charge in [-0.05, 0) is 38.3 Å². The van der Waals surface area contributed by atoms with Gasteiger partial charge in [-0.2, -0.15) is 0 Å². The largest absolute Gasteiger partial charge is 0.443 e. The number of amides is 1. The quantitative estimate of drug-likeness (QED) is 0.594. The Labute approximate surface area is 173 Å². The van der Waals surface area contributed by atoms with Crippen molar-refractivity contribution >= 4 is 28.8 Å². The third-order valence-corrected chi connectivity index (χ3v) is 6.51. The van der Waals surface area contributed by atoms with E-state index in [2.05, 4.69) is 9.97 Å². The standard InChI is InChI=1S/C21H22ClN3O2S/c1-13-19(28-14(2)24-13)11-20(26)25-9-5-8-18(25)21-23-12-16(27-21)10-15-6-3-4-7-17(15)22/h3-4,6-7,12,18H,5,8-11H2,1-2H3/t18-/m1/s1. The Bertz CT molecular complexity index is 997. The highest BCUT2D eigenvalue weighted by molar-refractivity contribution is 7.11. The van der Waals surface area contributed by atoms with Crippen LogP contribution < -0.4 is 0 Å². The highest BCUT2D eigenvalue weighted by Crippen LogP contribution is 2.33. The molecule has 3 heterocycles. The maximum absolute atomic E-state index is 12.9. The molecule has 1 amide bonds. The molecule has 0 bridgehead atoms. The predicted octanol–water partition coefficient (Wildman–Crippen LogP) is 4.90. The lowest BCUT2D eigenvalue weighted by atomic mass is 10.1. The molecule has 7 heteroatoms. The van der Waals surface area contributed by atoms with E-state index in [0.29, 0.717) is 23.8 Å². The molecule has 0 N–H and O–H groups in total. The van der Waals surface area contributed by atoms with Crippen LogP contribution in [-0.4, -0.2) is 27.3 Å². The Balaban J connectivity index is 1.48. The number of aryl methyl sites for hydroxylation is 2. The first-order chi connectivity index (χ1) is 13.5. The second kappa shape index (κ2) is 8.05. The number of rotatable bonds is 5. The summed E-state index contributed by atoms with van der Waals surface area (Å²) < 4.78 is 6.01. The Kier molecular flexibility index (Phi) is 5.51. The summed E-state index contributed by atoms with van der Waals surface area (Å²) in [4.78, 5) is 24.8. The third kappa shape index (κ3) is 3.98. The second-order valence-electron chi connectivity index (χ2n) is 7.10. The normalized spacial score (nSPS) is 16.7. The fourth-order valence-corrected chi connectivity index (χ4v) is 4.82. The number of carbonyl (C=O) groups is 1. The van der Waals surface area contributed by atoms with Gasteiger partial charge in [-0.15, -0.1) is 11.3 Å². The fourth-order valence-electron chi connectivity index (χ4n) is 3.69. The number of hydrogen-bond acceptors (Lipinski definition) is 5. The van der Waals surface area contributed by atoms with Gasteiger partial charge in [-0.1, -0.05) is 29.8 Å². The molecule has 1 aliphatic rings. The Morgan fingerprint density at radius 3 is 2.93 bits per heavy atom. The number of carbonyl (C=O) groups excluding carboxylic acids is 1. The second-order valence-corrected chi connectivity index (χ2v) is 8.79. The van der Waals surface area contributed by atoms with Crippen molar-refractivity contribution in [3.8, 4) is 0 Å². The zero-order chi connectivity index (χ0) is 19.7. The van der Waals surface area contributed by atoms with Crippen molar-refractivity contribution in [3.05, 3.63) is 68.3 Å². The molecule has 4 rings (SSSR count). The van der Waals surface area contributed by atoms with E-state index in [1.54, 1.807) is 17.5 Å². The first kappa shape index (κ1) is 19.2. The van der Waals surface area contributed by atoms with Gasteiger partial charge in [0.2, 0.25) is 11.8 Å².